The van der Waals surface area contributed by atoms with Gasteiger partial charge in [0.2, 0.25) is 0 Å². The molecule has 2 unspecified atom stereocenters. The predicted molar refractivity (Wildman–Crippen MR) is 87.1 cm³/mol. The van der Waals surface area contributed by atoms with Gasteiger partial charge >= 0.3 is 0 Å². The quantitative estimate of drug-likeness (QED) is 0.819. The topological polar surface area (TPSA) is 15.3 Å². The SMILES string of the molecule is CCCC1CNC(CC)CN1CCCc1ccccc1. The van der Waals surface area contributed by atoms with Crippen molar-refractivity contribution in [3.8, 4) is 0 Å². The number of hydrogen-bond donors (Lipinski definition) is 1. The molecule has 1 aliphatic rings. The highest BCUT2D eigenvalue weighted by Crippen LogP contribution is 2.15. The fourth-order valence-electron chi connectivity index (χ4n) is 3.22. The first-order chi connectivity index (χ1) is 9.83. The van der Waals surface area contributed by atoms with Gasteiger partial charge in [0.25, 0.3) is 0 Å². The number of benzene rings is 1. The minimum Gasteiger partial charge on any atom is -0.311 e. The van der Waals surface area contributed by atoms with Gasteiger partial charge in [0.15, 0.2) is 0 Å². The molecule has 1 aromatic carbocycles. The maximum absolute atomic E-state index is 3.70. The number of aryl methyl sites for hydroxylation is 1. The molecule has 0 aromatic heterocycles. The second-order valence-corrected chi connectivity index (χ2v) is 6.04. The fraction of sp³-hybridized carbons (Fsp3) is 0.667. The van der Waals surface area contributed by atoms with Crippen LogP contribution in [0, 0.1) is 0 Å². The summed E-state index contributed by atoms with van der Waals surface area (Å²) >= 11 is 0. The zero-order valence-electron chi connectivity index (χ0n) is 13.1. The molecule has 0 aliphatic carbocycles. The zero-order chi connectivity index (χ0) is 14.2. The van der Waals surface area contributed by atoms with Crippen LogP contribution in [0.2, 0.25) is 0 Å². The van der Waals surface area contributed by atoms with E-state index in [2.05, 4.69) is 54.4 Å². The van der Waals surface area contributed by atoms with E-state index in [9.17, 15) is 0 Å². The second-order valence-electron chi connectivity index (χ2n) is 6.04. The van der Waals surface area contributed by atoms with Crippen LogP contribution in [-0.4, -0.2) is 36.6 Å². The lowest BCUT2D eigenvalue weighted by Gasteiger charge is -2.40. The molecule has 1 N–H and O–H groups in total. The van der Waals surface area contributed by atoms with Crippen molar-refractivity contribution >= 4 is 0 Å². The summed E-state index contributed by atoms with van der Waals surface area (Å²) in [6, 6.07) is 12.3. The molecule has 112 valence electrons. The summed E-state index contributed by atoms with van der Waals surface area (Å²) in [5, 5.41) is 3.70. The number of nitrogens with one attached hydrogen (secondary N) is 1. The minimum absolute atomic E-state index is 0.694. The molecule has 1 fully saturated rings. The van der Waals surface area contributed by atoms with E-state index in [0.717, 1.165) is 6.04 Å². The number of nitrogens with zero attached hydrogens (tertiary/aromatic N) is 1. The van der Waals surface area contributed by atoms with Crippen molar-refractivity contribution in [2.45, 2.75) is 58.0 Å². The van der Waals surface area contributed by atoms with Gasteiger partial charge < -0.3 is 5.32 Å². The summed E-state index contributed by atoms with van der Waals surface area (Å²) in [4.78, 5) is 2.73. The van der Waals surface area contributed by atoms with E-state index in [1.54, 1.807) is 0 Å². The Morgan fingerprint density at radius 3 is 2.70 bits per heavy atom. The number of piperazine rings is 1. The third-order valence-electron chi connectivity index (χ3n) is 4.48. The molecule has 1 heterocycles. The lowest BCUT2D eigenvalue weighted by molar-refractivity contribution is 0.120. The Morgan fingerprint density at radius 2 is 2.00 bits per heavy atom. The Labute approximate surface area is 124 Å². The summed E-state index contributed by atoms with van der Waals surface area (Å²) in [7, 11) is 0. The first-order valence-corrected chi connectivity index (χ1v) is 8.34. The van der Waals surface area contributed by atoms with Crippen LogP contribution >= 0.6 is 0 Å². The van der Waals surface area contributed by atoms with E-state index in [4.69, 9.17) is 0 Å². The Bertz CT molecular complexity index is 363. The number of rotatable bonds is 7. The molecule has 0 amide bonds. The monoisotopic (exact) mass is 274 g/mol. The van der Waals surface area contributed by atoms with E-state index in [1.807, 2.05) is 0 Å². The van der Waals surface area contributed by atoms with Crippen LogP contribution in [0.1, 0.15) is 45.1 Å². The van der Waals surface area contributed by atoms with Gasteiger partial charge in [-0.15, -0.1) is 0 Å². The van der Waals surface area contributed by atoms with Gasteiger partial charge in [-0.3, -0.25) is 4.90 Å². The number of hydrogen-bond acceptors (Lipinski definition) is 2. The average Bonchev–Trinajstić information content (AvgIpc) is 2.50. The van der Waals surface area contributed by atoms with Crippen molar-refractivity contribution in [3.63, 3.8) is 0 Å². The van der Waals surface area contributed by atoms with Crippen molar-refractivity contribution in [1.82, 2.24) is 10.2 Å². The highest BCUT2D eigenvalue weighted by molar-refractivity contribution is 5.14. The molecule has 1 aliphatic heterocycles. The standard InChI is InChI=1S/C18H30N2/c1-3-9-18-14-19-17(4-2)15-20(18)13-8-12-16-10-6-5-7-11-16/h5-7,10-11,17-19H,3-4,8-9,12-15H2,1-2H3. The Kier molecular flexibility index (Phi) is 6.55. The zero-order valence-corrected chi connectivity index (χ0v) is 13.1. The first-order valence-electron chi connectivity index (χ1n) is 8.34. The average molecular weight is 274 g/mol. The second kappa shape index (κ2) is 8.43. The van der Waals surface area contributed by atoms with Gasteiger partial charge in [0.1, 0.15) is 0 Å². The molecule has 0 saturated carbocycles. The van der Waals surface area contributed by atoms with Crippen LogP contribution in [0.4, 0.5) is 0 Å². The van der Waals surface area contributed by atoms with Crippen molar-refractivity contribution in [2.75, 3.05) is 19.6 Å². The van der Waals surface area contributed by atoms with Crippen LogP contribution in [0.3, 0.4) is 0 Å². The predicted octanol–water partition coefficient (Wildman–Crippen LogP) is 3.47. The molecule has 2 rings (SSSR count). The van der Waals surface area contributed by atoms with Gasteiger partial charge in [-0.05, 0) is 37.8 Å². The molecule has 0 spiro atoms. The van der Waals surface area contributed by atoms with Crippen LogP contribution in [0.5, 0.6) is 0 Å². The van der Waals surface area contributed by atoms with E-state index in [-0.39, 0.29) is 0 Å². The van der Waals surface area contributed by atoms with Crippen molar-refractivity contribution in [1.29, 1.82) is 0 Å². The van der Waals surface area contributed by atoms with Gasteiger partial charge in [0.05, 0.1) is 0 Å². The van der Waals surface area contributed by atoms with Crippen molar-refractivity contribution in [3.05, 3.63) is 35.9 Å². The molecule has 1 aromatic rings. The summed E-state index contributed by atoms with van der Waals surface area (Å²) in [5.74, 6) is 0. The van der Waals surface area contributed by atoms with E-state index in [1.165, 1.54) is 57.3 Å². The lowest BCUT2D eigenvalue weighted by atomic mass is 10.0. The summed E-state index contributed by atoms with van der Waals surface area (Å²) < 4.78 is 0. The summed E-state index contributed by atoms with van der Waals surface area (Å²) in [6.45, 7) is 8.25. The molecular formula is C18H30N2. The molecule has 2 nitrogen and oxygen atoms in total. The molecule has 2 heteroatoms. The maximum Gasteiger partial charge on any atom is 0.0221 e. The third kappa shape index (κ3) is 4.60. The van der Waals surface area contributed by atoms with Gasteiger partial charge in [-0.25, -0.2) is 0 Å². The maximum atomic E-state index is 3.70. The summed E-state index contributed by atoms with van der Waals surface area (Å²) in [5.41, 5.74) is 1.47. The van der Waals surface area contributed by atoms with Crippen LogP contribution in [-0.2, 0) is 6.42 Å². The highest BCUT2D eigenvalue weighted by atomic mass is 15.2. The third-order valence-corrected chi connectivity index (χ3v) is 4.48. The molecule has 0 radical (unpaired) electrons. The summed E-state index contributed by atoms with van der Waals surface area (Å²) in [6.07, 6.45) is 6.35. The van der Waals surface area contributed by atoms with E-state index >= 15 is 0 Å². The Hall–Kier alpha value is -0.860. The van der Waals surface area contributed by atoms with Crippen molar-refractivity contribution < 1.29 is 0 Å². The van der Waals surface area contributed by atoms with Gasteiger partial charge in [0, 0.05) is 25.2 Å². The van der Waals surface area contributed by atoms with Crippen molar-refractivity contribution in [2.24, 2.45) is 0 Å². The Morgan fingerprint density at radius 1 is 1.20 bits per heavy atom. The van der Waals surface area contributed by atoms with Gasteiger partial charge in [-0.2, -0.15) is 0 Å². The lowest BCUT2D eigenvalue weighted by Crippen LogP contribution is -2.56. The normalized spacial score (nSPS) is 23.9. The molecule has 20 heavy (non-hydrogen) atoms. The highest BCUT2D eigenvalue weighted by Gasteiger charge is 2.25. The molecule has 1 saturated heterocycles. The smallest absolute Gasteiger partial charge is 0.0221 e. The van der Waals surface area contributed by atoms with Gasteiger partial charge in [-0.1, -0.05) is 50.6 Å². The first kappa shape index (κ1) is 15.5. The fourth-order valence-corrected chi connectivity index (χ4v) is 3.22. The molecule has 0 bridgehead atoms. The van der Waals surface area contributed by atoms with Crippen LogP contribution in [0.25, 0.3) is 0 Å². The molecular weight excluding hydrogens is 244 g/mol. The van der Waals surface area contributed by atoms with E-state index in [0.29, 0.717) is 6.04 Å². The van der Waals surface area contributed by atoms with Crippen LogP contribution < -0.4 is 5.32 Å². The van der Waals surface area contributed by atoms with E-state index < -0.39 is 0 Å². The minimum atomic E-state index is 0.694. The molecule has 2 atom stereocenters. The Balaban J connectivity index is 1.80. The van der Waals surface area contributed by atoms with Crippen LogP contribution in [0.15, 0.2) is 30.3 Å². The largest absolute Gasteiger partial charge is 0.311 e.